The summed E-state index contributed by atoms with van der Waals surface area (Å²) in [6, 6.07) is 15.6. The minimum Gasteiger partial charge on any atom is -0.324 e. The molecule has 0 aliphatic heterocycles. The second-order valence-electron chi connectivity index (χ2n) is 7.82. The molecular formula is C23H24N4O3S. The second kappa shape index (κ2) is 7.70. The number of pyridine rings is 1. The number of imidazole rings is 1. The number of sulfonamides is 1. The summed E-state index contributed by atoms with van der Waals surface area (Å²) in [5.74, 6) is 0.782. The van der Waals surface area contributed by atoms with E-state index in [0.717, 1.165) is 34.3 Å². The number of hydrogen-bond donors (Lipinski definition) is 1. The molecule has 0 saturated carbocycles. The molecule has 0 bridgehead atoms. The number of aryl methyl sites for hydroxylation is 3. The first kappa shape index (κ1) is 20.9. The van der Waals surface area contributed by atoms with E-state index in [2.05, 4.69) is 14.3 Å². The van der Waals surface area contributed by atoms with Crippen LogP contribution in [0.4, 0.5) is 5.69 Å². The van der Waals surface area contributed by atoms with Gasteiger partial charge in [0.05, 0.1) is 17.5 Å². The van der Waals surface area contributed by atoms with Crippen molar-refractivity contribution < 1.29 is 8.42 Å². The first-order chi connectivity index (χ1) is 14.6. The highest BCUT2D eigenvalue weighted by molar-refractivity contribution is 7.92. The molecule has 2 heterocycles. The third kappa shape index (κ3) is 4.25. The highest BCUT2D eigenvalue weighted by atomic mass is 32.2. The molecule has 0 spiro atoms. The van der Waals surface area contributed by atoms with Crippen LogP contribution < -0.4 is 10.3 Å². The van der Waals surface area contributed by atoms with Crippen LogP contribution in [0.15, 0.2) is 59.5 Å². The molecule has 7 nitrogen and oxygen atoms in total. The number of anilines is 1. The van der Waals surface area contributed by atoms with E-state index in [1.807, 2.05) is 49.4 Å². The zero-order chi connectivity index (χ0) is 22.3. The van der Waals surface area contributed by atoms with Gasteiger partial charge >= 0.3 is 0 Å². The average molecular weight is 437 g/mol. The van der Waals surface area contributed by atoms with E-state index in [0.29, 0.717) is 23.3 Å². The lowest BCUT2D eigenvalue weighted by Gasteiger charge is -2.12. The Balaban J connectivity index is 1.97. The van der Waals surface area contributed by atoms with Crippen LogP contribution in [0.5, 0.6) is 0 Å². The Morgan fingerprint density at radius 2 is 1.74 bits per heavy atom. The molecule has 2 aromatic carbocycles. The smallest absolute Gasteiger partial charge is 0.253 e. The molecule has 8 heteroatoms. The van der Waals surface area contributed by atoms with E-state index in [1.165, 1.54) is 4.57 Å². The summed E-state index contributed by atoms with van der Waals surface area (Å²) in [5.41, 5.74) is 5.11. The summed E-state index contributed by atoms with van der Waals surface area (Å²) in [5, 5.41) is 0. The van der Waals surface area contributed by atoms with Crippen LogP contribution in [0.3, 0.4) is 0 Å². The van der Waals surface area contributed by atoms with Gasteiger partial charge < -0.3 is 9.13 Å². The minimum atomic E-state index is -3.51. The van der Waals surface area contributed by atoms with Gasteiger partial charge in [0.1, 0.15) is 11.3 Å². The van der Waals surface area contributed by atoms with Crippen LogP contribution in [-0.2, 0) is 23.6 Å². The van der Waals surface area contributed by atoms with Crippen LogP contribution in [0, 0.1) is 13.8 Å². The predicted octanol–water partition coefficient (Wildman–Crippen LogP) is 3.44. The van der Waals surface area contributed by atoms with Crippen molar-refractivity contribution in [3.05, 3.63) is 82.0 Å². The summed E-state index contributed by atoms with van der Waals surface area (Å²) in [4.78, 5) is 16.8. The first-order valence-electron chi connectivity index (χ1n) is 9.82. The number of hydrogen-bond acceptors (Lipinski definition) is 4. The van der Waals surface area contributed by atoms with E-state index in [1.54, 1.807) is 26.2 Å². The second-order valence-corrected chi connectivity index (χ2v) is 9.57. The van der Waals surface area contributed by atoms with E-state index in [9.17, 15) is 13.2 Å². The van der Waals surface area contributed by atoms with Gasteiger partial charge in [-0.05, 0) is 48.7 Å². The van der Waals surface area contributed by atoms with Gasteiger partial charge in [-0.2, -0.15) is 0 Å². The van der Waals surface area contributed by atoms with Crippen molar-refractivity contribution in [1.29, 1.82) is 0 Å². The summed E-state index contributed by atoms with van der Waals surface area (Å²) in [6.45, 7) is 4.28. The van der Waals surface area contributed by atoms with Gasteiger partial charge in [-0.15, -0.1) is 0 Å². The molecule has 0 unspecified atom stereocenters. The molecule has 4 aromatic rings. The van der Waals surface area contributed by atoms with Gasteiger partial charge in [-0.25, -0.2) is 13.4 Å². The molecule has 0 saturated heterocycles. The van der Waals surface area contributed by atoms with Gasteiger partial charge in [0, 0.05) is 25.4 Å². The maximum Gasteiger partial charge on any atom is 0.253 e. The van der Waals surface area contributed by atoms with Crippen molar-refractivity contribution in [2.75, 3.05) is 11.0 Å². The van der Waals surface area contributed by atoms with Crippen molar-refractivity contribution in [1.82, 2.24) is 14.1 Å². The third-order valence-electron chi connectivity index (χ3n) is 5.22. The van der Waals surface area contributed by atoms with Crippen LogP contribution in [0.25, 0.3) is 22.2 Å². The first-order valence-corrected chi connectivity index (χ1v) is 11.7. The molecule has 0 radical (unpaired) electrons. The number of benzene rings is 2. The molecule has 2 aromatic heterocycles. The van der Waals surface area contributed by atoms with E-state index < -0.39 is 10.0 Å². The summed E-state index contributed by atoms with van der Waals surface area (Å²) in [7, 11) is -1.80. The Morgan fingerprint density at radius 1 is 1.03 bits per heavy atom. The van der Waals surface area contributed by atoms with Crippen LogP contribution >= 0.6 is 0 Å². The van der Waals surface area contributed by atoms with Gasteiger partial charge in [0.15, 0.2) is 0 Å². The van der Waals surface area contributed by atoms with Crippen LogP contribution in [0.1, 0.15) is 17.0 Å². The van der Waals surface area contributed by atoms with Gasteiger partial charge in [0.25, 0.3) is 5.56 Å². The molecule has 1 N–H and O–H groups in total. The van der Waals surface area contributed by atoms with Crippen LogP contribution in [-0.4, -0.2) is 28.8 Å². The third-order valence-corrected chi connectivity index (χ3v) is 5.81. The largest absolute Gasteiger partial charge is 0.324 e. The van der Waals surface area contributed by atoms with Gasteiger partial charge in [-0.1, -0.05) is 30.3 Å². The van der Waals surface area contributed by atoms with Crippen molar-refractivity contribution in [3.63, 3.8) is 0 Å². The molecule has 160 valence electrons. The lowest BCUT2D eigenvalue weighted by Crippen LogP contribution is -2.18. The lowest BCUT2D eigenvalue weighted by molar-refractivity contribution is 0.607. The Kier molecular flexibility index (Phi) is 5.18. The number of rotatable bonds is 5. The maximum absolute atomic E-state index is 12.1. The van der Waals surface area contributed by atoms with E-state index >= 15 is 0 Å². The molecule has 4 rings (SSSR count). The highest BCUT2D eigenvalue weighted by Crippen LogP contribution is 2.32. The SMILES string of the molecule is Cc1cc(-c2cc(NS(C)(=O)=O)c3nc(C)n(Cc4ccccc4)c3c2)cn(C)c1=O. The fourth-order valence-electron chi connectivity index (χ4n) is 3.78. The van der Waals surface area contributed by atoms with Gasteiger partial charge in [-0.3, -0.25) is 9.52 Å². The monoisotopic (exact) mass is 436 g/mol. The Bertz CT molecular complexity index is 1430. The summed E-state index contributed by atoms with van der Waals surface area (Å²) in [6.07, 6.45) is 2.88. The Morgan fingerprint density at radius 3 is 2.39 bits per heavy atom. The van der Waals surface area contributed by atoms with Gasteiger partial charge in [0.2, 0.25) is 10.0 Å². The maximum atomic E-state index is 12.1. The van der Waals surface area contributed by atoms with E-state index in [4.69, 9.17) is 0 Å². The number of fused-ring (bicyclic) bond motifs is 1. The summed E-state index contributed by atoms with van der Waals surface area (Å²) >= 11 is 0. The molecule has 0 fully saturated rings. The topological polar surface area (TPSA) is 86.0 Å². The normalized spacial score (nSPS) is 11.7. The molecule has 0 atom stereocenters. The Hall–Kier alpha value is -3.39. The van der Waals surface area contributed by atoms with E-state index in [-0.39, 0.29) is 5.56 Å². The fraction of sp³-hybridized carbons (Fsp3) is 0.217. The lowest BCUT2D eigenvalue weighted by atomic mass is 10.0. The molecule has 0 aliphatic carbocycles. The number of nitrogens with zero attached hydrogens (tertiary/aromatic N) is 3. The number of aromatic nitrogens is 3. The highest BCUT2D eigenvalue weighted by Gasteiger charge is 2.17. The summed E-state index contributed by atoms with van der Waals surface area (Å²) < 4.78 is 30.3. The zero-order valence-electron chi connectivity index (χ0n) is 17.9. The van der Waals surface area contributed by atoms with Crippen LogP contribution in [0.2, 0.25) is 0 Å². The van der Waals surface area contributed by atoms with Crippen molar-refractivity contribution in [3.8, 4) is 11.1 Å². The quantitative estimate of drug-likeness (QED) is 0.519. The standard InChI is InChI=1S/C23H24N4O3S/c1-15-10-19(14-26(3)23(15)28)18-11-20(25-31(4,29)30)22-21(12-18)27(16(2)24-22)13-17-8-6-5-7-9-17/h5-12,14,25H,13H2,1-4H3. The van der Waals surface area contributed by atoms with Crippen molar-refractivity contribution >= 4 is 26.7 Å². The molecule has 0 aliphatic rings. The fourth-order valence-corrected chi connectivity index (χ4v) is 4.34. The van der Waals surface area contributed by atoms with Crippen molar-refractivity contribution in [2.24, 2.45) is 7.05 Å². The predicted molar refractivity (Wildman–Crippen MR) is 124 cm³/mol. The van der Waals surface area contributed by atoms with Crippen molar-refractivity contribution in [2.45, 2.75) is 20.4 Å². The molecular weight excluding hydrogens is 412 g/mol. The zero-order valence-corrected chi connectivity index (χ0v) is 18.7. The minimum absolute atomic E-state index is 0.0655. The average Bonchev–Trinajstić information content (AvgIpc) is 3.01. The molecule has 31 heavy (non-hydrogen) atoms. The number of nitrogens with one attached hydrogen (secondary N) is 1. The molecule has 0 amide bonds. The Labute approximate surface area is 181 Å².